The largest absolute Gasteiger partial charge is 0.303 e. The van der Waals surface area contributed by atoms with E-state index in [9.17, 15) is 4.79 Å². The van der Waals surface area contributed by atoms with Crippen molar-refractivity contribution >= 4 is 6.29 Å². The Morgan fingerprint density at radius 2 is 1.95 bits per heavy atom. The molecule has 0 saturated heterocycles. The average Bonchev–Trinajstić information content (AvgIpc) is 2.49. The number of carbonyl (C=O) groups excluding carboxylic acids is 1. The molecule has 0 radical (unpaired) electrons. The number of aryl methyl sites for hydroxylation is 1. The van der Waals surface area contributed by atoms with Gasteiger partial charge in [0.2, 0.25) is 0 Å². The van der Waals surface area contributed by atoms with Gasteiger partial charge in [-0.05, 0) is 31.2 Å². The summed E-state index contributed by atoms with van der Waals surface area (Å²) in [5.41, 5.74) is 2.56. The van der Waals surface area contributed by atoms with Crippen LogP contribution < -0.4 is 0 Å². The number of hydrogen-bond donors (Lipinski definition) is 0. The second kappa shape index (κ2) is 10.4. The molecule has 1 unspecified atom stereocenters. The van der Waals surface area contributed by atoms with Crippen molar-refractivity contribution in [2.24, 2.45) is 5.92 Å². The molecular weight excluding hydrogens is 244 g/mol. The van der Waals surface area contributed by atoms with Gasteiger partial charge in [-0.3, -0.25) is 0 Å². The number of rotatable bonds is 11. The van der Waals surface area contributed by atoms with Crippen molar-refractivity contribution < 1.29 is 4.79 Å². The normalized spacial score (nSPS) is 12.1. The van der Waals surface area contributed by atoms with Gasteiger partial charge in [0.25, 0.3) is 0 Å². The van der Waals surface area contributed by atoms with Gasteiger partial charge in [-0.15, -0.1) is 0 Å². The van der Waals surface area contributed by atoms with Gasteiger partial charge in [-0.1, -0.05) is 75.1 Å². The standard InChI is InChI=1S/C19H28O/c1-3-4-5-7-12-19(16-20)15-17(2)13-14-18-10-8-6-9-11-18/h6,8-11,16,19H,2-5,7,12-15H2,1H3. The van der Waals surface area contributed by atoms with Crippen LogP contribution in [0.3, 0.4) is 0 Å². The summed E-state index contributed by atoms with van der Waals surface area (Å²) in [5.74, 6) is 0.176. The molecular formula is C19H28O. The number of aldehydes is 1. The van der Waals surface area contributed by atoms with Gasteiger partial charge in [0.1, 0.15) is 6.29 Å². The monoisotopic (exact) mass is 272 g/mol. The van der Waals surface area contributed by atoms with Crippen LogP contribution in [0.15, 0.2) is 42.5 Å². The van der Waals surface area contributed by atoms with E-state index in [1.807, 2.05) is 6.07 Å². The van der Waals surface area contributed by atoms with Crippen LogP contribution in [0.4, 0.5) is 0 Å². The first-order valence-electron chi connectivity index (χ1n) is 7.92. The van der Waals surface area contributed by atoms with E-state index < -0.39 is 0 Å². The molecule has 0 fully saturated rings. The number of hydrogen-bond acceptors (Lipinski definition) is 1. The number of allylic oxidation sites excluding steroid dienone is 1. The predicted molar refractivity (Wildman–Crippen MR) is 86.8 cm³/mol. The summed E-state index contributed by atoms with van der Waals surface area (Å²) in [4.78, 5) is 11.1. The van der Waals surface area contributed by atoms with Gasteiger partial charge in [0.05, 0.1) is 0 Å². The summed E-state index contributed by atoms with van der Waals surface area (Å²) in [6.07, 6.45) is 9.97. The van der Waals surface area contributed by atoms with Crippen LogP contribution in [0, 0.1) is 5.92 Å². The molecule has 20 heavy (non-hydrogen) atoms. The maximum atomic E-state index is 11.1. The Morgan fingerprint density at radius 3 is 2.60 bits per heavy atom. The van der Waals surface area contributed by atoms with Crippen LogP contribution in [0.1, 0.15) is 57.4 Å². The smallest absolute Gasteiger partial charge is 0.123 e. The minimum absolute atomic E-state index is 0.176. The van der Waals surface area contributed by atoms with E-state index in [0.29, 0.717) is 0 Å². The highest BCUT2D eigenvalue weighted by atomic mass is 16.1. The number of benzene rings is 1. The summed E-state index contributed by atoms with van der Waals surface area (Å²) in [6.45, 7) is 6.35. The highest BCUT2D eigenvalue weighted by molar-refractivity contribution is 5.54. The van der Waals surface area contributed by atoms with Gasteiger partial charge >= 0.3 is 0 Å². The minimum Gasteiger partial charge on any atom is -0.303 e. The second-order valence-corrected chi connectivity index (χ2v) is 5.69. The molecule has 1 atom stereocenters. The predicted octanol–water partition coefficient (Wildman–Crippen LogP) is 5.35. The van der Waals surface area contributed by atoms with Crippen molar-refractivity contribution in [2.75, 3.05) is 0 Å². The molecule has 0 aliphatic carbocycles. The molecule has 0 aromatic heterocycles. The van der Waals surface area contributed by atoms with Crippen molar-refractivity contribution in [2.45, 2.75) is 58.3 Å². The highest BCUT2D eigenvalue weighted by Gasteiger charge is 2.09. The third kappa shape index (κ3) is 7.28. The fourth-order valence-electron chi connectivity index (χ4n) is 2.49. The Hall–Kier alpha value is -1.37. The molecule has 0 heterocycles. The summed E-state index contributed by atoms with van der Waals surface area (Å²) < 4.78 is 0. The maximum Gasteiger partial charge on any atom is 0.123 e. The Kier molecular flexibility index (Phi) is 8.69. The van der Waals surface area contributed by atoms with E-state index in [2.05, 4.69) is 37.8 Å². The molecule has 0 amide bonds. The summed E-state index contributed by atoms with van der Waals surface area (Å²) in [5, 5.41) is 0. The van der Waals surface area contributed by atoms with Crippen molar-refractivity contribution in [1.82, 2.24) is 0 Å². The highest BCUT2D eigenvalue weighted by Crippen LogP contribution is 2.19. The number of carbonyl (C=O) groups is 1. The summed E-state index contributed by atoms with van der Waals surface area (Å²) in [6, 6.07) is 10.5. The molecule has 0 aliphatic heterocycles. The Bertz CT molecular complexity index is 380. The van der Waals surface area contributed by atoms with E-state index in [-0.39, 0.29) is 5.92 Å². The summed E-state index contributed by atoms with van der Waals surface area (Å²) in [7, 11) is 0. The topological polar surface area (TPSA) is 17.1 Å². The molecule has 1 nitrogen and oxygen atoms in total. The second-order valence-electron chi connectivity index (χ2n) is 5.69. The van der Waals surface area contributed by atoms with E-state index in [4.69, 9.17) is 0 Å². The average molecular weight is 272 g/mol. The molecule has 0 saturated carbocycles. The van der Waals surface area contributed by atoms with Crippen LogP contribution in [0.25, 0.3) is 0 Å². The lowest BCUT2D eigenvalue weighted by Crippen LogP contribution is -2.04. The van der Waals surface area contributed by atoms with Crippen LogP contribution in [0.5, 0.6) is 0 Å². The Labute approximate surface area is 124 Å². The van der Waals surface area contributed by atoms with Gasteiger partial charge in [-0.2, -0.15) is 0 Å². The molecule has 0 N–H and O–H groups in total. The Morgan fingerprint density at radius 1 is 1.20 bits per heavy atom. The molecule has 0 aliphatic rings. The molecule has 0 spiro atoms. The van der Waals surface area contributed by atoms with Crippen LogP contribution in [-0.4, -0.2) is 6.29 Å². The quantitative estimate of drug-likeness (QED) is 0.301. The first-order chi connectivity index (χ1) is 9.76. The SMILES string of the molecule is C=C(CCc1ccccc1)CC(C=O)CCCCCC. The van der Waals surface area contributed by atoms with Crippen molar-refractivity contribution in [1.29, 1.82) is 0 Å². The lowest BCUT2D eigenvalue weighted by Gasteiger charge is -2.12. The lowest BCUT2D eigenvalue weighted by molar-refractivity contribution is -0.111. The van der Waals surface area contributed by atoms with E-state index in [1.54, 1.807) is 0 Å². The van der Waals surface area contributed by atoms with Gasteiger partial charge in [-0.25, -0.2) is 0 Å². The first-order valence-corrected chi connectivity index (χ1v) is 7.92. The van der Waals surface area contributed by atoms with Crippen molar-refractivity contribution in [3.63, 3.8) is 0 Å². The molecule has 1 aromatic carbocycles. The first kappa shape index (κ1) is 16.7. The molecule has 0 bridgehead atoms. The molecule has 1 aromatic rings. The van der Waals surface area contributed by atoms with Gasteiger partial charge < -0.3 is 4.79 Å². The minimum atomic E-state index is 0.176. The van der Waals surface area contributed by atoms with E-state index in [1.165, 1.54) is 36.8 Å². The molecule has 1 heteroatoms. The maximum absolute atomic E-state index is 11.1. The zero-order valence-corrected chi connectivity index (χ0v) is 12.8. The number of unbranched alkanes of at least 4 members (excludes halogenated alkanes) is 3. The fourth-order valence-corrected chi connectivity index (χ4v) is 2.49. The van der Waals surface area contributed by atoms with E-state index in [0.717, 1.165) is 32.0 Å². The van der Waals surface area contributed by atoms with Crippen molar-refractivity contribution in [3.05, 3.63) is 48.0 Å². The van der Waals surface area contributed by atoms with Crippen LogP contribution in [-0.2, 0) is 11.2 Å². The Balaban J connectivity index is 2.23. The van der Waals surface area contributed by atoms with Gasteiger partial charge in [0.15, 0.2) is 0 Å². The van der Waals surface area contributed by atoms with Crippen LogP contribution >= 0.6 is 0 Å². The van der Waals surface area contributed by atoms with E-state index >= 15 is 0 Å². The zero-order chi connectivity index (χ0) is 14.6. The van der Waals surface area contributed by atoms with Crippen molar-refractivity contribution in [3.8, 4) is 0 Å². The zero-order valence-electron chi connectivity index (χ0n) is 12.8. The third-order valence-corrected chi connectivity index (χ3v) is 3.78. The third-order valence-electron chi connectivity index (χ3n) is 3.78. The summed E-state index contributed by atoms with van der Waals surface area (Å²) >= 11 is 0. The van der Waals surface area contributed by atoms with Gasteiger partial charge in [0, 0.05) is 5.92 Å². The molecule has 110 valence electrons. The molecule has 1 rings (SSSR count). The lowest BCUT2D eigenvalue weighted by atomic mass is 9.92. The van der Waals surface area contributed by atoms with Crippen LogP contribution in [0.2, 0.25) is 0 Å². The fraction of sp³-hybridized carbons (Fsp3) is 0.526.